The normalized spacial score (nSPS) is 9.42. The van der Waals surface area contributed by atoms with Crippen LogP contribution in [0, 0.1) is 6.92 Å². The van der Waals surface area contributed by atoms with Gasteiger partial charge >= 0.3 is 0 Å². The van der Waals surface area contributed by atoms with Crippen molar-refractivity contribution >= 4 is 17.4 Å². The van der Waals surface area contributed by atoms with Crippen LogP contribution in [0.4, 0.5) is 0 Å². The van der Waals surface area contributed by atoms with Crippen LogP contribution in [0.25, 0.3) is 0 Å². The highest BCUT2D eigenvalue weighted by atomic mass is 32.1. The molecule has 1 amide bonds. The average Bonchev–Trinajstić information content (AvgIpc) is 2.47. The maximum atomic E-state index is 11.3. The van der Waals surface area contributed by atoms with Crippen molar-refractivity contribution in [1.82, 2.24) is 9.69 Å². The number of carbonyl (C=O) groups is 1. The SMILES string of the molecule is C=CCNC(=O)c1csnc1C. The van der Waals surface area contributed by atoms with Crippen molar-refractivity contribution in [2.75, 3.05) is 6.54 Å². The number of aromatic nitrogens is 1. The molecule has 1 aromatic rings. The topological polar surface area (TPSA) is 42.0 Å². The number of nitrogens with one attached hydrogen (secondary N) is 1. The Morgan fingerprint density at radius 2 is 2.67 bits per heavy atom. The van der Waals surface area contributed by atoms with Crippen LogP contribution in [-0.2, 0) is 0 Å². The van der Waals surface area contributed by atoms with E-state index in [4.69, 9.17) is 0 Å². The molecule has 0 aromatic carbocycles. The summed E-state index contributed by atoms with van der Waals surface area (Å²) in [6, 6.07) is 0. The number of amides is 1. The third kappa shape index (κ3) is 1.92. The molecule has 3 nitrogen and oxygen atoms in total. The lowest BCUT2D eigenvalue weighted by atomic mass is 10.2. The number of rotatable bonds is 3. The Morgan fingerprint density at radius 1 is 1.92 bits per heavy atom. The van der Waals surface area contributed by atoms with Gasteiger partial charge in [-0.05, 0) is 18.5 Å². The summed E-state index contributed by atoms with van der Waals surface area (Å²) in [7, 11) is 0. The fourth-order valence-electron chi connectivity index (χ4n) is 0.770. The first kappa shape index (κ1) is 8.93. The van der Waals surface area contributed by atoms with Gasteiger partial charge in [-0.15, -0.1) is 6.58 Å². The van der Waals surface area contributed by atoms with Gasteiger partial charge in [0.1, 0.15) is 0 Å². The Morgan fingerprint density at radius 3 is 3.17 bits per heavy atom. The van der Waals surface area contributed by atoms with Crippen molar-refractivity contribution in [1.29, 1.82) is 0 Å². The molecule has 4 heteroatoms. The zero-order chi connectivity index (χ0) is 8.97. The number of aryl methyl sites for hydroxylation is 1. The van der Waals surface area contributed by atoms with Crippen molar-refractivity contribution in [2.24, 2.45) is 0 Å². The minimum Gasteiger partial charge on any atom is -0.348 e. The Kier molecular flexibility index (Phi) is 2.99. The maximum Gasteiger partial charge on any atom is 0.254 e. The smallest absolute Gasteiger partial charge is 0.254 e. The number of hydrogen-bond acceptors (Lipinski definition) is 3. The fourth-order valence-corrected chi connectivity index (χ4v) is 1.46. The molecule has 0 saturated carbocycles. The van der Waals surface area contributed by atoms with Crippen LogP contribution in [0.5, 0.6) is 0 Å². The summed E-state index contributed by atoms with van der Waals surface area (Å²) in [5, 5.41) is 4.43. The first-order valence-electron chi connectivity index (χ1n) is 3.55. The Balaban J connectivity index is 2.65. The summed E-state index contributed by atoms with van der Waals surface area (Å²) in [6.07, 6.45) is 1.65. The van der Waals surface area contributed by atoms with E-state index in [2.05, 4.69) is 16.3 Å². The van der Waals surface area contributed by atoms with E-state index >= 15 is 0 Å². The summed E-state index contributed by atoms with van der Waals surface area (Å²) in [6.45, 7) is 5.82. The highest BCUT2D eigenvalue weighted by Crippen LogP contribution is 2.08. The van der Waals surface area contributed by atoms with Crippen LogP contribution in [0.15, 0.2) is 18.0 Å². The van der Waals surface area contributed by atoms with E-state index in [1.165, 1.54) is 11.5 Å². The van der Waals surface area contributed by atoms with E-state index in [-0.39, 0.29) is 5.91 Å². The second kappa shape index (κ2) is 4.01. The molecule has 1 heterocycles. The standard InChI is InChI=1S/C8H10N2OS/c1-3-4-9-8(11)7-5-12-10-6(7)2/h3,5H,1,4H2,2H3,(H,9,11). The van der Waals surface area contributed by atoms with Gasteiger partial charge in [-0.1, -0.05) is 6.08 Å². The predicted octanol–water partition coefficient (Wildman–Crippen LogP) is 1.37. The van der Waals surface area contributed by atoms with Crippen LogP contribution < -0.4 is 5.32 Å². The average molecular weight is 182 g/mol. The lowest BCUT2D eigenvalue weighted by Gasteiger charge is -1.98. The van der Waals surface area contributed by atoms with Gasteiger partial charge in [0.2, 0.25) is 0 Å². The lowest BCUT2D eigenvalue weighted by molar-refractivity contribution is 0.0957. The highest BCUT2D eigenvalue weighted by Gasteiger charge is 2.08. The van der Waals surface area contributed by atoms with Crippen molar-refractivity contribution in [2.45, 2.75) is 6.92 Å². The maximum absolute atomic E-state index is 11.3. The van der Waals surface area contributed by atoms with Crippen LogP contribution in [0.3, 0.4) is 0 Å². The lowest BCUT2D eigenvalue weighted by Crippen LogP contribution is -2.23. The molecule has 0 atom stereocenters. The van der Waals surface area contributed by atoms with Gasteiger partial charge in [0.05, 0.1) is 11.3 Å². The monoisotopic (exact) mass is 182 g/mol. The molecule has 64 valence electrons. The van der Waals surface area contributed by atoms with Crippen LogP contribution in [0.2, 0.25) is 0 Å². The molecular weight excluding hydrogens is 172 g/mol. The molecule has 1 aromatic heterocycles. The molecule has 0 aliphatic heterocycles. The van der Waals surface area contributed by atoms with Crippen molar-refractivity contribution < 1.29 is 4.79 Å². The second-order valence-electron chi connectivity index (χ2n) is 2.31. The zero-order valence-electron chi connectivity index (χ0n) is 6.83. The fraction of sp³-hybridized carbons (Fsp3) is 0.250. The molecule has 0 unspecified atom stereocenters. The van der Waals surface area contributed by atoms with Gasteiger partial charge < -0.3 is 5.32 Å². The van der Waals surface area contributed by atoms with Crippen LogP contribution in [0.1, 0.15) is 16.1 Å². The van der Waals surface area contributed by atoms with Crippen molar-refractivity contribution in [3.05, 3.63) is 29.3 Å². The Labute approximate surface area is 75.3 Å². The van der Waals surface area contributed by atoms with E-state index < -0.39 is 0 Å². The molecule has 0 spiro atoms. The number of carbonyl (C=O) groups excluding carboxylic acids is 1. The molecule has 1 rings (SSSR count). The Hall–Kier alpha value is -1.16. The minimum atomic E-state index is -0.0823. The molecular formula is C8H10N2OS. The molecule has 0 radical (unpaired) electrons. The summed E-state index contributed by atoms with van der Waals surface area (Å²) >= 11 is 1.29. The molecule has 1 N–H and O–H groups in total. The second-order valence-corrected chi connectivity index (χ2v) is 2.94. The van der Waals surface area contributed by atoms with Crippen molar-refractivity contribution in [3.63, 3.8) is 0 Å². The molecule has 0 bridgehead atoms. The van der Waals surface area contributed by atoms with E-state index in [9.17, 15) is 4.79 Å². The summed E-state index contributed by atoms with van der Waals surface area (Å²) in [5.74, 6) is -0.0823. The Bertz CT molecular complexity index is 293. The van der Waals surface area contributed by atoms with E-state index in [0.29, 0.717) is 12.1 Å². The molecule has 0 saturated heterocycles. The number of hydrogen-bond donors (Lipinski definition) is 1. The minimum absolute atomic E-state index is 0.0823. The largest absolute Gasteiger partial charge is 0.348 e. The van der Waals surface area contributed by atoms with Gasteiger partial charge in [-0.2, -0.15) is 4.37 Å². The highest BCUT2D eigenvalue weighted by molar-refractivity contribution is 7.03. The molecule has 0 fully saturated rings. The predicted molar refractivity (Wildman–Crippen MR) is 49.4 cm³/mol. The van der Waals surface area contributed by atoms with Crippen LogP contribution >= 0.6 is 11.5 Å². The van der Waals surface area contributed by atoms with Gasteiger partial charge in [-0.25, -0.2) is 0 Å². The van der Waals surface area contributed by atoms with Gasteiger partial charge in [0.25, 0.3) is 5.91 Å². The first-order valence-corrected chi connectivity index (χ1v) is 4.39. The van der Waals surface area contributed by atoms with E-state index in [1.54, 1.807) is 11.5 Å². The van der Waals surface area contributed by atoms with Gasteiger partial charge in [0.15, 0.2) is 0 Å². The first-order chi connectivity index (χ1) is 5.75. The third-order valence-electron chi connectivity index (χ3n) is 1.40. The van der Waals surface area contributed by atoms with E-state index in [0.717, 1.165) is 5.69 Å². The van der Waals surface area contributed by atoms with Crippen LogP contribution in [-0.4, -0.2) is 16.8 Å². The molecule has 12 heavy (non-hydrogen) atoms. The summed E-state index contributed by atoms with van der Waals surface area (Å²) < 4.78 is 4.00. The van der Waals surface area contributed by atoms with Crippen molar-refractivity contribution in [3.8, 4) is 0 Å². The molecule has 0 aliphatic carbocycles. The summed E-state index contributed by atoms with van der Waals surface area (Å²) in [5.41, 5.74) is 1.43. The third-order valence-corrected chi connectivity index (χ3v) is 2.12. The van der Waals surface area contributed by atoms with Gasteiger partial charge in [0, 0.05) is 11.9 Å². The quantitative estimate of drug-likeness (QED) is 0.717. The van der Waals surface area contributed by atoms with Gasteiger partial charge in [-0.3, -0.25) is 4.79 Å². The zero-order valence-corrected chi connectivity index (χ0v) is 7.65. The summed E-state index contributed by atoms with van der Waals surface area (Å²) in [4.78, 5) is 11.3. The molecule has 0 aliphatic rings. The number of nitrogens with zero attached hydrogens (tertiary/aromatic N) is 1. The van der Waals surface area contributed by atoms with E-state index in [1.807, 2.05) is 6.92 Å².